The zero-order chi connectivity index (χ0) is 20.2. The lowest BCUT2D eigenvalue weighted by atomic mass is 10.2. The fourth-order valence-corrected chi connectivity index (χ4v) is 2.97. The van der Waals surface area contributed by atoms with E-state index in [-0.39, 0.29) is 18.3 Å². The van der Waals surface area contributed by atoms with Crippen LogP contribution in [-0.2, 0) is 4.79 Å². The fourth-order valence-electron chi connectivity index (χ4n) is 2.97. The van der Waals surface area contributed by atoms with Crippen LogP contribution in [0, 0.1) is 11.6 Å². The summed E-state index contributed by atoms with van der Waals surface area (Å²) in [5.41, 5.74) is 0. The molecule has 8 heteroatoms. The molecule has 0 aromatic heterocycles. The fraction of sp³-hybridized carbons (Fsp3) is 0.600. The molecule has 2 N–H and O–H groups in total. The average Bonchev–Trinajstić information content (AvgIpc) is 2.89. The van der Waals surface area contributed by atoms with Crippen molar-refractivity contribution in [1.82, 2.24) is 15.5 Å². The molecular weight excluding hydrogens is 366 g/mol. The number of hydrogen-bond acceptors (Lipinski definition) is 3. The third-order valence-corrected chi connectivity index (χ3v) is 4.43. The highest BCUT2D eigenvalue weighted by Crippen LogP contribution is 2.15. The van der Waals surface area contributed by atoms with Gasteiger partial charge in [-0.2, -0.15) is 0 Å². The van der Waals surface area contributed by atoms with Gasteiger partial charge in [0.1, 0.15) is 12.4 Å². The monoisotopic (exact) mass is 396 g/mol. The predicted molar refractivity (Wildman–Crippen MR) is 105 cm³/mol. The third-order valence-electron chi connectivity index (χ3n) is 4.43. The summed E-state index contributed by atoms with van der Waals surface area (Å²) in [6, 6.07) is 3.46. The number of nitrogens with one attached hydrogen (secondary N) is 2. The second-order valence-electron chi connectivity index (χ2n) is 6.66. The van der Waals surface area contributed by atoms with Crippen molar-refractivity contribution in [1.29, 1.82) is 0 Å². The van der Waals surface area contributed by atoms with Crippen molar-refractivity contribution in [2.75, 3.05) is 39.3 Å². The Morgan fingerprint density at radius 1 is 1.21 bits per heavy atom. The molecule has 0 bridgehead atoms. The Kier molecular flexibility index (Phi) is 9.51. The molecule has 1 aliphatic rings. The average molecular weight is 396 g/mol. The van der Waals surface area contributed by atoms with Crippen LogP contribution in [0.2, 0.25) is 0 Å². The van der Waals surface area contributed by atoms with Crippen molar-refractivity contribution in [2.24, 2.45) is 4.99 Å². The Labute approximate surface area is 165 Å². The summed E-state index contributed by atoms with van der Waals surface area (Å²) in [6.45, 7) is 5.66. The zero-order valence-electron chi connectivity index (χ0n) is 16.5. The van der Waals surface area contributed by atoms with E-state index in [0.717, 1.165) is 57.5 Å². The van der Waals surface area contributed by atoms with Crippen molar-refractivity contribution in [2.45, 2.75) is 39.0 Å². The number of benzene rings is 1. The van der Waals surface area contributed by atoms with Gasteiger partial charge in [0.05, 0.1) is 6.54 Å². The Morgan fingerprint density at radius 2 is 2.07 bits per heavy atom. The summed E-state index contributed by atoms with van der Waals surface area (Å²) in [5.74, 6) is -0.624. The maximum atomic E-state index is 13.1. The standard InChI is InChI=1S/C20H30F2N4O2/c1-2-23-20(24-10-6-13-26-12-5-3-4-7-19(26)27)25-11-14-28-16-8-9-17(21)18(22)15-16/h8-9,15H,2-7,10-14H2,1H3,(H2,23,24,25). The van der Waals surface area contributed by atoms with E-state index in [9.17, 15) is 13.6 Å². The molecule has 1 amide bonds. The number of hydrogen-bond donors (Lipinski definition) is 2. The van der Waals surface area contributed by atoms with E-state index in [4.69, 9.17) is 4.74 Å². The van der Waals surface area contributed by atoms with E-state index in [1.165, 1.54) is 6.07 Å². The Hall–Kier alpha value is -2.38. The van der Waals surface area contributed by atoms with Crippen molar-refractivity contribution in [3.8, 4) is 5.75 Å². The van der Waals surface area contributed by atoms with Crippen molar-refractivity contribution < 1.29 is 18.3 Å². The lowest BCUT2D eigenvalue weighted by Gasteiger charge is -2.20. The van der Waals surface area contributed by atoms with Gasteiger partial charge in [-0.05, 0) is 38.3 Å². The largest absolute Gasteiger partial charge is 0.492 e. The van der Waals surface area contributed by atoms with Gasteiger partial charge >= 0.3 is 0 Å². The second kappa shape index (κ2) is 12.2. The summed E-state index contributed by atoms with van der Waals surface area (Å²) in [4.78, 5) is 18.4. The van der Waals surface area contributed by atoms with E-state index < -0.39 is 11.6 Å². The minimum atomic E-state index is -0.928. The van der Waals surface area contributed by atoms with Crippen LogP contribution in [0.15, 0.2) is 23.2 Å². The first kappa shape index (κ1) is 21.9. The molecule has 0 saturated carbocycles. The molecule has 2 rings (SSSR count). The highest BCUT2D eigenvalue weighted by Gasteiger charge is 2.15. The van der Waals surface area contributed by atoms with Gasteiger partial charge in [0.15, 0.2) is 17.6 Å². The number of rotatable bonds is 9. The summed E-state index contributed by atoms with van der Waals surface area (Å²) < 4.78 is 31.4. The topological polar surface area (TPSA) is 66.0 Å². The van der Waals surface area contributed by atoms with Crippen LogP contribution in [0.1, 0.15) is 39.0 Å². The second-order valence-corrected chi connectivity index (χ2v) is 6.66. The molecular formula is C20H30F2N4O2. The van der Waals surface area contributed by atoms with Crippen LogP contribution >= 0.6 is 0 Å². The third kappa shape index (κ3) is 7.70. The first-order chi connectivity index (χ1) is 13.6. The van der Waals surface area contributed by atoms with Crippen LogP contribution in [0.4, 0.5) is 8.78 Å². The van der Waals surface area contributed by atoms with Gasteiger partial charge in [0.2, 0.25) is 5.91 Å². The lowest BCUT2D eigenvalue weighted by Crippen LogP contribution is -2.39. The molecule has 1 aromatic carbocycles. The molecule has 1 saturated heterocycles. The van der Waals surface area contributed by atoms with Crippen LogP contribution in [0.25, 0.3) is 0 Å². The summed E-state index contributed by atoms with van der Waals surface area (Å²) in [6.07, 6.45) is 4.67. The Bertz CT molecular complexity index is 655. The minimum absolute atomic E-state index is 0.251. The van der Waals surface area contributed by atoms with Gasteiger partial charge in [-0.15, -0.1) is 0 Å². The van der Waals surface area contributed by atoms with Crippen molar-refractivity contribution >= 4 is 11.9 Å². The van der Waals surface area contributed by atoms with Crippen LogP contribution in [0.5, 0.6) is 5.75 Å². The van der Waals surface area contributed by atoms with E-state index in [0.29, 0.717) is 25.5 Å². The van der Waals surface area contributed by atoms with Gasteiger partial charge in [0, 0.05) is 38.7 Å². The number of carbonyl (C=O) groups excluding carboxylic acids is 1. The molecule has 0 spiro atoms. The number of aliphatic imine (C=N–C) groups is 1. The van der Waals surface area contributed by atoms with E-state index in [1.807, 2.05) is 11.8 Å². The van der Waals surface area contributed by atoms with Crippen LogP contribution in [0.3, 0.4) is 0 Å². The first-order valence-electron chi connectivity index (χ1n) is 9.98. The summed E-state index contributed by atoms with van der Waals surface area (Å²) >= 11 is 0. The minimum Gasteiger partial charge on any atom is -0.492 e. The number of nitrogens with zero attached hydrogens (tertiary/aromatic N) is 2. The van der Waals surface area contributed by atoms with Crippen molar-refractivity contribution in [3.05, 3.63) is 29.8 Å². The molecule has 1 fully saturated rings. The molecule has 6 nitrogen and oxygen atoms in total. The molecule has 28 heavy (non-hydrogen) atoms. The molecule has 1 aliphatic heterocycles. The summed E-state index contributed by atoms with van der Waals surface area (Å²) in [7, 11) is 0. The van der Waals surface area contributed by atoms with Gasteiger partial charge in [-0.3, -0.25) is 9.79 Å². The molecule has 1 heterocycles. The maximum absolute atomic E-state index is 13.1. The van der Waals surface area contributed by atoms with Crippen molar-refractivity contribution in [3.63, 3.8) is 0 Å². The smallest absolute Gasteiger partial charge is 0.222 e. The van der Waals surface area contributed by atoms with E-state index in [2.05, 4.69) is 15.6 Å². The van der Waals surface area contributed by atoms with Crippen LogP contribution in [-0.4, -0.2) is 56.1 Å². The molecule has 0 aliphatic carbocycles. The maximum Gasteiger partial charge on any atom is 0.222 e. The molecule has 156 valence electrons. The van der Waals surface area contributed by atoms with Crippen LogP contribution < -0.4 is 15.4 Å². The van der Waals surface area contributed by atoms with Gasteiger partial charge in [-0.25, -0.2) is 8.78 Å². The number of guanidine groups is 1. The van der Waals surface area contributed by atoms with Gasteiger partial charge < -0.3 is 20.3 Å². The SMILES string of the molecule is CCNC(=NCCCN1CCCCCC1=O)NCCOc1ccc(F)c(F)c1. The molecule has 0 unspecified atom stereocenters. The molecule has 0 atom stereocenters. The Morgan fingerprint density at radius 3 is 2.86 bits per heavy atom. The normalized spacial score (nSPS) is 15.3. The van der Waals surface area contributed by atoms with Gasteiger partial charge in [-0.1, -0.05) is 6.42 Å². The van der Waals surface area contributed by atoms with E-state index in [1.54, 1.807) is 0 Å². The number of amides is 1. The first-order valence-corrected chi connectivity index (χ1v) is 9.98. The summed E-state index contributed by atoms with van der Waals surface area (Å²) in [5, 5.41) is 6.29. The number of likely N-dealkylation sites (tertiary alicyclic amines) is 1. The number of ether oxygens (including phenoxy) is 1. The predicted octanol–water partition coefficient (Wildman–Crippen LogP) is 2.69. The Balaban J connectivity index is 1.69. The van der Waals surface area contributed by atoms with E-state index >= 15 is 0 Å². The lowest BCUT2D eigenvalue weighted by molar-refractivity contribution is -0.130. The highest BCUT2D eigenvalue weighted by molar-refractivity contribution is 5.79. The number of carbonyl (C=O) groups is 1. The zero-order valence-corrected chi connectivity index (χ0v) is 16.5. The highest BCUT2D eigenvalue weighted by atomic mass is 19.2. The number of halogens is 2. The molecule has 0 radical (unpaired) electrons. The van der Waals surface area contributed by atoms with Gasteiger partial charge in [0.25, 0.3) is 0 Å². The molecule has 1 aromatic rings. The quantitative estimate of drug-likeness (QED) is 0.383.